The Labute approximate surface area is 114 Å². The molecular weight excluding hydrogens is 248 g/mol. The number of nitrogens with zero attached hydrogens (tertiary/aromatic N) is 1. The summed E-state index contributed by atoms with van der Waals surface area (Å²) in [4.78, 5) is 4.52. The van der Waals surface area contributed by atoms with Crippen LogP contribution in [0.25, 0.3) is 10.9 Å². The molecule has 4 heteroatoms. The zero-order chi connectivity index (χ0) is 12.1. The van der Waals surface area contributed by atoms with Crippen LogP contribution in [0.1, 0.15) is 12.1 Å². The minimum Gasteiger partial charge on any atom is -0.385 e. The molecule has 0 amide bonds. The topological polar surface area (TPSA) is 34.1 Å². The van der Waals surface area contributed by atoms with Gasteiger partial charge in [0.1, 0.15) is 0 Å². The Morgan fingerprint density at radius 1 is 1.28 bits per heavy atom. The average molecular weight is 267 g/mol. The van der Waals surface area contributed by atoms with Gasteiger partial charge in [-0.1, -0.05) is 18.2 Å². The van der Waals surface area contributed by atoms with Crippen LogP contribution in [-0.2, 0) is 4.74 Å². The first kappa shape index (κ1) is 14.7. The van der Waals surface area contributed by atoms with Crippen molar-refractivity contribution >= 4 is 29.0 Å². The van der Waals surface area contributed by atoms with Gasteiger partial charge in [-0.15, -0.1) is 12.4 Å². The second kappa shape index (κ2) is 7.19. The lowest BCUT2D eigenvalue weighted by atomic mass is 10.1. The van der Waals surface area contributed by atoms with Crippen LogP contribution in [0.3, 0.4) is 0 Å². The van der Waals surface area contributed by atoms with Gasteiger partial charge in [0.05, 0.1) is 5.52 Å². The highest BCUT2D eigenvalue weighted by atomic mass is 35.5. The number of para-hydroxylation sites is 1. The van der Waals surface area contributed by atoms with Crippen molar-refractivity contribution < 1.29 is 4.74 Å². The van der Waals surface area contributed by atoms with Crippen molar-refractivity contribution in [2.45, 2.75) is 13.3 Å². The molecule has 1 N–H and O–H groups in total. The Morgan fingerprint density at radius 2 is 2.06 bits per heavy atom. The van der Waals surface area contributed by atoms with Gasteiger partial charge >= 0.3 is 0 Å². The van der Waals surface area contributed by atoms with E-state index in [1.807, 2.05) is 25.1 Å². The first-order valence-corrected chi connectivity index (χ1v) is 5.90. The number of anilines is 1. The van der Waals surface area contributed by atoms with Gasteiger partial charge in [0.15, 0.2) is 0 Å². The summed E-state index contributed by atoms with van der Waals surface area (Å²) in [7, 11) is 1.73. The van der Waals surface area contributed by atoms with E-state index < -0.39 is 0 Å². The van der Waals surface area contributed by atoms with Crippen LogP contribution in [0.4, 0.5) is 5.69 Å². The van der Waals surface area contributed by atoms with E-state index >= 15 is 0 Å². The van der Waals surface area contributed by atoms with Crippen LogP contribution in [-0.4, -0.2) is 25.2 Å². The molecule has 2 rings (SSSR count). The lowest BCUT2D eigenvalue weighted by Crippen LogP contribution is -2.05. The fourth-order valence-electron chi connectivity index (χ4n) is 1.89. The van der Waals surface area contributed by atoms with Gasteiger partial charge in [0.25, 0.3) is 0 Å². The van der Waals surface area contributed by atoms with Gasteiger partial charge in [-0.2, -0.15) is 0 Å². The van der Waals surface area contributed by atoms with Gasteiger partial charge < -0.3 is 10.1 Å². The first-order valence-electron chi connectivity index (χ1n) is 5.90. The number of pyridine rings is 1. The molecule has 0 atom stereocenters. The number of halogens is 1. The van der Waals surface area contributed by atoms with Crippen molar-refractivity contribution in [2.75, 3.05) is 25.6 Å². The van der Waals surface area contributed by atoms with E-state index in [9.17, 15) is 0 Å². The highest BCUT2D eigenvalue weighted by Gasteiger charge is 2.02. The predicted octanol–water partition coefficient (Wildman–Crippen LogP) is 3.41. The van der Waals surface area contributed by atoms with E-state index in [2.05, 4.69) is 22.4 Å². The van der Waals surface area contributed by atoms with Crippen LogP contribution in [0.15, 0.2) is 30.3 Å². The lowest BCUT2D eigenvalue weighted by molar-refractivity contribution is 0.198. The third-order valence-electron chi connectivity index (χ3n) is 2.68. The second-order valence-corrected chi connectivity index (χ2v) is 4.10. The van der Waals surface area contributed by atoms with Crippen LogP contribution < -0.4 is 5.32 Å². The molecule has 0 radical (unpaired) electrons. The molecule has 18 heavy (non-hydrogen) atoms. The highest BCUT2D eigenvalue weighted by Crippen LogP contribution is 2.22. The van der Waals surface area contributed by atoms with Gasteiger partial charge in [-0.3, -0.25) is 4.98 Å². The fraction of sp³-hybridized carbons (Fsp3) is 0.357. The Hall–Kier alpha value is -1.32. The number of ether oxygens (including phenoxy) is 1. The Kier molecular flexibility index (Phi) is 5.89. The van der Waals surface area contributed by atoms with Crippen molar-refractivity contribution in [3.05, 3.63) is 36.0 Å². The quantitative estimate of drug-likeness (QED) is 0.842. The van der Waals surface area contributed by atoms with Crippen LogP contribution in [0, 0.1) is 6.92 Å². The summed E-state index contributed by atoms with van der Waals surface area (Å²) in [6.07, 6.45) is 1.01. The van der Waals surface area contributed by atoms with E-state index in [-0.39, 0.29) is 12.4 Å². The Morgan fingerprint density at radius 3 is 2.83 bits per heavy atom. The molecule has 0 aliphatic carbocycles. The number of hydrogen-bond acceptors (Lipinski definition) is 3. The van der Waals surface area contributed by atoms with E-state index in [4.69, 9.17) is 4.74 Å². The molecule has 1 heterocycles. The summed E-state index contributed by atoms with van der Waals surface area (Å²) in [5.41, 5.74) is 3.24. The van der Waals surface area contributed by atoms with Gasteiger partial charge in [0.2, 0.25) is 0 Å². The zero-order valence-electron chi connectivity index (χ0n) is 10.8. The number of aromatic nitrogens is 1. The molecular formula is C14H19ClN2O. The number of benzene rings is 1. The van der Waals surface area contributed by atoms with Crippen molar-refractivity contribution in [2.24, 2.45) is 0 Å². The summed E-state index contributed by atoms with van der Waals surface area (Å²) < 4.78 is 5.04. The second-order valence-electron chi connectivity index (χ2n) is 4.10. The molecule has 2 aromatic rings. The van der Waals surface area contributed by atoms with E-state index in [1.54, 1.807) is 7.11 Å². The third-order valence-corrected chi connectivity index (χ3v) is 2.68. The molecule has 0 unspecified atom stereocenters. The Bertz CT molecular complexity index is 502. The SMILES string of the molecule is COCCCNc1cc(C)nc2ccccc12.Cl. The largest absolute Gasteiger partial charge is 0.385 e. The molecule has 0 saturated heterocycles. The molecule has 0 aliphatic rings. The number of aryl methyl sites for hydroxylation is 1. The number of nitrogens with one attached hydrogen (secondary N) is 1. The third kappa shape index (κ3) is 3.59. The van der Waals surface area contributed by atoms with Crippen LogP contribution in [0.2, 0.25) is 0 Å². The summed E-state index contributed by atoms with van der Waals surface area (Å²) in [5, 5.41) is 4.62. The molecule has 0 saturated carbocycles. The molecule has 3 nitrogen and oxygen atoms in total. The smallest absolute Gasteiger partial charge is 0.0725 e. The summed E-state index contributed by atoms with van der Waals surface area (Å²) in [6, 6.07) is 10.3. The molecule has 1 aromatic carbocycles. The summed E-state index contributed by atoms with van der Waals surface area (Å²) in [5.74, 6) is 0. The maximum Gasteiger partial charge on any atom is 0.0725 e. The van der Waals surface area contributed by atoms with Crippen molar-refractivity contribution in [1.82, 2.24) is 4.98 Å². The van der Waals surface area contributed by atoms with Crippen LogP contribution >= 0.6 is 12.4 Å². The highest BCUT2D eigenvalue weighted by molar-refractivity contribution is 5.91. The minimum atomic E-state index is 0. The fourth-order valence-corrected chi connectivity index (χ4v) is 1.89. The molecule has 0 spiro atoms. The van der Waals surface area contributed by atoms with E-state index in [1.165, 1.54) is 5.39 Å². The predicted molar refractivity (Wildman–Crippen MR) is 78.7 cm³/mol. The molecule has 1 aromatic heterocycles. The average Bonchev–Trinajstić information content (AvgIpc) is 2.34. The molecule has 0 fully saturated rings. The molecule has 0 aliphatic heterocycles. The number of methoxy groups -OCH3 is 1. The van der Waals surface area contributed by atoms with Gasteiger partial charge in [-0.05, 0) is 25.5 Å². The van der Waals surface area contributed by atoms with Gasteiger partial charge in [0, 0.05) is 37.0 Å². The molecule has 0 bridgehead atoms. The van der Waals surface area contributed by atoms with Crippen molar-refractivity contribution in [3.8, 4) is 0 Å². The standard InChI is InChI=1S/C14H18N2O.ClH/c1-11-10-14(15-8-5-9-17-2)12-6-3-4-7-13(12)16-11;/h3-4,6-7,10H,5,8-9H2,1-2H3,(H,15,16);1H. The number of rotatable bonds is 5. The molecule has 98 valence electrons. The zero-order valence-corrected chi connectivity index (χ0v) is 11.6. The number of hydrogen-bond donors (Lipinski definition) is 1. The Balaban J connectivity index is 0.00000162. The summed E-state index contributed by atoms with van der Waals surface area (Å²) >= 11 is 0. The van der Waals surface area contributed by atoms with E-state index in [0.717, 1.165) is 36.5 Å². The van der Waals surface area contributed by atoms with Crippen molar-refractivity contribution in [1.29, 1.82) is 0 Å². The maximum atomic E-state index is 5.04. The maximum absolute atomic E-state index is 5.04. The normalized spacial score (nSPS) is 10.1. The first-order chi connectivity index (χ1) is 8.31. The van der Waals surface area contributed by atoms with Crippen molar-refractivity contribution in [3.63, 3.8) is 0 Å². The monoisotopic (exact) mass is 266 g/mol. The van der Waals surface area contributed by atoms with E-state index in [0.29, 0.717) is 0 Å². The lowest BCUT2D eigenvalue weighted by Gasteiger charge is -2.10. The van der Waals surface area contributed by atoms with Crippen LogP contribution in [0.5, 0.6) is 0 Å². The minimum absolute atomic E-state index is 0. The van der Waals surface area contributed by atoms with Gasteiger partial charge in [-0.25, -0.2) is 0 Å². The summed E-state index contributed by atoms with van der Waals surface area (Å²) in [6.45, 7) is 3.73. The number of fused-ring (bicyclic) bond motifs is 1.